The maximum atomic E-state index is 11.8. The van der Waals surface area contributed by atoms with Crippen molar-refractivity contribution in [2.24, 2.45) is 0 Å². The molecule has 1 heterocycles. The summed E-state index contributed by atoms with van der Waals surface area (Å²) in [6.45, 7) is 2.20. The van der Waals surface area contributed by atoms with Crippen LogP contribution in [0.1, 0.15) is 55.0 Å². The quantitative estimate of drug-likeness (QED) is 0.695. The smallest absolute Gasteiger partial charge is 0.198 e. The number of methoxy groups -OCH3 is 1. The van der Waals surface area contributed by atoms with Crippen LogP contribution >= 0.6 is 0 Å². The van der Waals surface area contributed by atoms with Gasteiger partial charge in [-0.2, -0.15) is 0 Å². The van der Waals surface area contributed by atoms with E-state index in [0.29, 0.717) is 25.2 Å². The van der Waals surface area contributed by atoms with Gasteiger partial charge in [0.25, 0.3) is 0 Å². The van der Waals surface area contributed by atoms with Crippen LogP contribution in [0.5, 0.6) is 0 Å². The summed E-state index contributed by atoms with van der Waals surface area (Å²) < 4.78 is 10.1. The summed E-state index contributed by atoms with van der Waals surface area (Å²) in [4.78, 5) is 23.2. The molecule has 1 rings (SSSR count). The Hall–Kier alpha value is -1.46. The highest BCUT2D eigenvalue weighted by Crippen LogP contribution is 2.20. The zero-order valence-electron chi connectivity index (χ0n) is 11.3. The Balaban J connectivity index is 2.45. The molecule has 0 saturated heterocycles. The van der Waals surface area contributed by atoms with E-state index in [9.17, 15) is 14.7 Å². The van der Waals surface area contributed by atoms with Crippen molar-refractivity contribution in [3.8, 4) is 0 Å². The Morgan fingerprint density at radius 2 is 2.05 bits per heavy atom. The van der Waals surface area contributed by atoms with Crippen LogP contribution in [0.25, 0.3) is 0 Å². The Labute approximate surface area is 112 Å². The van der Waals surface area contributed by atoms with Gasteiger partial charge in [0.1, 0.15) is 17.6 Å². The number of furan rings is 1. The van der Waals surface area contributed by atoms with Gasteiger partial charge in [-0.1, -0.05) is 6.92 Å². The molecule has 1 aromatic rings. The molecule has 0 bridgehead atoms. The molecular weight excluding hydrogens is 248 g/mol. The van der Waals surface area contributed by atoms with E-state index in [4.69, 9.17) is 9.15 Å². The molecular formula is C14H20O5. The van der Waals surface area contributed by atoms with Crippen molar-refractivity contribution in [1.82, 2.24) is 0 Å². The first-order valence-corrected chi connectivity index (χ1v) is 6.40. The third kappa shape index (κ3) is 4.96. The van der Waals surface area contributed by atoms with Gasteiger partial charge >= 0.3 is 0 Å². The molecule has 0 fully saturated rings. The minimum absolute atomic E-state index is 0.00410. The molecule has 0 aromatic carbocycles. The van der Waals surface area contributed by atoms with E-state index in [2.05, 4.69) is 0 Å². The zero-order valence-corrected chi connectivity index (χ0v) is 11.3. The SMILES string of the molecule is CCC(O)c1ccc(C(=O)CCC(=O)CCOC)o1. The molecule has 0 aliphatic rings. The van der Waals surface area contributed by atoms with Crippen molar-refractivity contribution < 1.29 is 23.8 Å². The monoisotopic (exact) mass is 268 g/mol. The second-order valence-corrected chi connectivity index (χ2v) is 4.33. The van der Waals surface area contributed by atoms with Crippen LogP contribution in [0.15, 0.2) is 16.5 Å². The van der Waals surface area contributed by atoms with Gasteiger partial charge in [-0.05, 0) is 18.6 Å². The van der Waals surface area contributed by atoms with Gasteiger partial charge in [-0.15, -0.1) is 0 Å². The molecule has 0 aliphatic heterocycles. The Kier molecular flexibility index (Phi) is 6.45. The van der Waals surface area contributed by atoms with E-state index in [0.717, 1.165) is 0 Å². The molecule has 1 N–H and O–H groups in total. The number of aliphatic hydroxyl groups excluding tert-OH is 1. The summed E-state index contributed by atoms with van der Waals surface area (Å²) in [5.41, 5.74) is 0. The molecule has 106 valence electrons. The largest absolute Gasteiger partial charge is 0.455 e. The van der Waals surface area contributed by atoms with Crippen LogP contribution in [0.2, 0.25) is 0 Å². The minimum atomic E-state index is -0.690. The number of Topliss-reactive ketones (excluding diaryl/α,β-unsaturated/α-hetero) is 2. The highest BCUT2D eigenvalue weighted by molar-refractivity contribution is 5.96. The lowest BCUT2D eigenvalue weighted by atomic mass is 10.1. The number of hydrogen-bond donors (Lipinski definition) is 1. The molecule has 1 atom stereocenters. The lowest BCUT2D eigenvalue weighted by Crippen LogP contribution is -2.06. The molecule has 0 aliphatic carbocycles. The predicted octanol–water partition coefficient (Wildman–Crippen LogP) is 2.29. The first-order valence-electron chi connectivity index (χ1n) is 6.40. The van der Waals surface area contributed by atoms with Crippen molar-refractivity contribution in [3.63, 3.8) is 0 Å². The third-order valence-electron chi connectivity index (χ3n) is 2.83. The second-order valence-electron chi connectivity index (χ2n) is 4.33. The number of ketones is 2. The fourth-order valence-corrected chi connectivity index (χ4v) is 1.60. The van der Waals surface area contributed by atoms with Gasteiger partial charge in [0.2, 0.25) is 0 Å². The maximum absolute atomic E-state index is 11.8. The van der Waals surface area contributed by atoms with Gasteiger partial charge in [0.05, 0.1) is 6.61 Å². The molecule has 1 unspecified atom stereocenters. The summed E-state index contributed by atoms with van der Waals surface area (Å²) in [5, 5.41) is 9.57. The van der Waals surface area contributed by atoms with Crippen molar-refractivity contribution >= 4 is 11.6 Å². The van der Waals surface area contributed by atoms with Crippen molar-refractivity contribution in [2.45, 2.75) is 38.7 Å². The molecule has 0 radical (unpaired) electrons. The van der Waals surface area contributed by atoms with Crippen molar-refractivity contribution in [3.05, 3.63) is 23.7 Å². The van der Waals surface area contributed by atoms with Gasteiger partial charge in [-0.3, -0.25) is 9.59 Å². The first-order chi connectivity index (χ1) is 9.08. The van der Waals surface area contributed by atoms with Gasteiger partial charge in [-0.25, -0.2) is 0 Å². The predicted molar refractivity (Wildman–Crippen MR) is 69.0 cm³/mol. The Bertz CT molecular complexity index is 421. The molecule has 19 heavy (non-hydrogen) atoms. The molecule has 0 amide bonds. The maximum Gasteiger partial charge on any atom is 0.198 e. The number of hydrogen-bond acceptors (Lipinski definition) is 5. The van der Waals surface area contributed by atoms with E-state index in [1.54, 1.807) is 6.07 Å². The number of aliphatic hydroxyl groups is 1. The van der Waals surface area contributed by atoms with Crippen LogP contribution in [0, 0.1) is 0 Å². The summed E-state index contributed by atoms with van der Waals surface area (Å²) >= 11 is 0. The van der Waals surface area contributed by atoms with Crippen LogP contribution in [-0.4, -0.2) is 30.4 Å². The summed E-state index contributed by atoms with van der Waals surface area (Å²) in [7, 11) is 1.53. The molecule has 5 heteroatoms. The topological polar surface area (TPSA) is 76.7 Å². The van der Waals surface area contributed by atoms with Crippen LogP contribution in [-0.2, 0) is 9.53 Å². The van der Waals surface area contributed by atoms with Crippen molar-refractivity contribution in [1.29, 1.82) is 0 Å². The zero-order chi connectivity index (χ0) is 14.3. The third-order valence-corrected chi connectivity index (χ3v) is 2.83. The molecule has 0 spiro atoms. The van der Waals surface area contributed by atoms with Gasteiger partial charge in [0.15, 0.2) is 11.5 Å². The molecule has 5 nitrogen and oxygen atoms in total. The lowest BCUT2D eigenvalue weighted by molar-refractivity contribution is -0.119. The fourth-order valence-electron chi connectivity index (χ4n) is 1.60. The van der Waals surface area contributed by atoms with E-state index >= 15 is 0 Å². The highest BCUT2D eigenvalue weighted by Gasteiger charge is 2.16. The number of carbonyl (C=O) groups excluding carboxylic acids is 2. The Morgan fingerprint density at radius 1 is 1.32 bits per heavy atom. The van der Waals surface area contributed by atoms with Crippen LogP contribution in [0.4, 0.5) is 0 Å². The van der Waals surface area contributed by atoms with E-state index in [1.807, 2.05) is 6.92 Å². The average Bonchev–Trinajstić information content (AvgIpc) is 2.91. The number of rotatable bonds is 9. The number of ether oxygens (including phenoxy) is 1. The van der Waals surface area contributed by atoms with E-state index < -0.39 is 6.10 Å². The Morgan fingerprint density at radius 3 is 2.68 bits per heavy atom. The van der Waals surface area contributed by atoms with E-state index in [-0.39, 0.29) is 30.2 Å². The first kappa shape index (κ1) is 15.6. The van der Waals surface area contributed by atoms with Gasteiger partial charge in [0, 0.05) is 26.4 Å². The average molecular weight is 268 g/mol. The standard InChI is InChI=1S/C14H20O5/c1-3-11(16)13-6-7-14(19-13)12(17)5-4-10(15)8-9-18-2/h6-7,11,16H,3-5,8-9H2,1-2H3. The summed E-state index contributed by atoms with van der Waals surface area (Å²) in [6, 6.07) is 3.13. The summed E-state index contributed by atoms with van der Waals surface area (Å²) in [5.74, 6) is 0.356. The van der Waals surface area contributed by atoms with Crippen molar-refractivity contribution in [2.75, 3.05) is 13.7 Å². The summed E-state index contributed by atoms with van der Waals surface area (Å²) in [6.07, 6.45) is 0.467. The molecule has 0 saturated carbocycles. The van der Waals surface area contributed by atoms with E-state index in [1.165, 1.54) is 13.2 Å². The van der Waals surface area contributed by atoms with Gasteiger partial charge < -0.3 is 14.3 Å². The highest BCUT2D eigenvalue weighted by atomic mass is 16.5. The fraction of sp³-hybridized carbons (Fsp3) is 0.571. The second kappa shape index (κ2) is 7.86. The minimum Gasteiger partial charge on any atom is -0.455 e. The normalized spacial score (nSPS) is 12.4. The number of carbonyl (C=O) groups is 2. The van der Waals surface area contributed by atoms with Crippen LogP contribution < -0.4 is 0 Å². The van der Waals surface area contributed by atoms with Crippen LogP contribution in [0.3, 0.4) is 0 Å². The lowest BCUT2D eigenvalue weighted by Gasteiger charge is -2.02. The molecule has 1 aromatic heterocycles.